The van der Waals surface area contributed by atoms with E-state index in [0.29, 0.717) is 23.3 Å². The van der Waals surface area contributed by atoms with Crippen LogP contribution >= 0.6 is 0 Å². The van der Waals surface area contributed by atoms with Gasteiger partial charge < -0.3 is 14.8 Å². The molecule has 2 aromatic rings. The highest BCUT2D eigenvalue weighted by Gasteiger charge is 2.73. The fraction of sp³-hybridized carbons (Fsp3) is 0.500. The van der Waals surface area contributed by atoms with Gasteiger partial charge in [-0.15, -0.1) is 0 Å². The van der Waals surface area contributed by atoms with Gasteiger partial charge in [0.05, 0.1) is 12.7 Å². The number of nitrogens with one attached hydrogen (secondary N) is 1. The molecule has 0 radical (unpaired) electrons. The molecule has 0 aromatic heterocycles. The Morgan fingerprint density at radius 3 is 2.03 bits per heavy atom. The van der Waals surface area contributed by atoms with Crippen LogP contribution in [0.25, 0.3) is 0 Å². The topological polar surface area (TPSA) is 50.8 Å². The third kappa shape index (κ3) is 5.84. The lowest BCUT2D eigenvalue weighted by atomic mass is 9.96. The molecule has 0 saturated carbocycles. The first kappa shape index (κ1) is 28.0. The van der Waals surface area contributed by atoms with Gasteiger partial charge in [-0.3, -0.25) is 4.90 Å². The number of halogens is 7. The molecule has 0 spiro atoms. The molecule has 2 aromatic carbocycles. The predicted octanol–water partition coefficient (Wildman–Crippen LogP) is 6.29. The second kappa shape index (κ2) is 10.6. The molecule has 1 N–H and O–H groups in total. The van der Waals surface area contributed by atoms with Crippen LogP contribution in [0.4, 0.5) is 36.4 Å². The average molecular weight is 548 g/mol. The monoisotopic (exact) mass is 548 g/mol. The number of ether oxygens (including phenoxy) is 2. The van der Waals surface area contributed by atoms with E-state index in [1.54, 1.807) is 12.1 Å². The lowest BCUT2D eigenvalue weighted by Gasteiger charge is -2.39. The van der Waals surface area contributed by atoms with Crippen molar-refractivity contribution in [1.82, 2.24) is 4.90 Å². The van der Waals surface area contributed by atoms with Gasteiger partial charge in [0.1, 0.15) is 5.75 Å². The van der Waals surface area contributed by atoms with Crippen LogP contribution in [0.5, 0.6) is 5.75 Å². The summed E-state index contributed by atoms with van der Waals surface area (Å²) in [6, 6.07) is 13.7. The lowest BCUT2D eigenvalue weighted by Crippen LogP contribution is -2.54. The van der Waals surface area contributed by atoms with Crippen molar-refractivity contribution in [1.29, 1.82) is 0 Å². The van der Waals surface area contributed by atoms with Crippen LogP contribution in [-0.4, -0.2) is 60.7 Å². The number of nitrogens with zero attached hydrogens (tertiary/aromatic N) is 1. The maximum Gasteiger partial charge on any atom is 0.460 e. The Labute approximate surface area is 214 Å². The van der Waals surface area contributed by atoms with E-state index in [0.717, 1.165) is 37.8 Å². The van der Waals surface area contributed by atoms with Crippen molar-refractivity contribution in [3.63, 3.8) is 0 Å². The number of rotatable bonds is 9. The number of piperidine rings is 1. The molecule has 5 nitrogen and oxygen atoms in total. The molecule has 2 saturated heterocycles. The van der Waals surface area contributed by atoms with E-state index in [9.17, 15) is 35.5 Å². The van der Waals surface area contributed by atoms with E-state index < -0.39 is 24.6 Å². The maximum atomic E-state index is 13.5. The number of hydrogen-bond acceptors (Lipinski definition) is 5. The summed E-state index contributed by atoms with van der Waals surface area (Å²) in [5.41, 5.74) is 2.24. The molecule has 12 heteroatoms. The van der Waals surface area contributed by atoms with E-state index in [1.807, 2.05) is 12.1 Å². The van der Waals surface area contributed by atoms with E-state index in [4.69, 9.17) is 4.74 Å². The van der Waals surface area contributed by atoms with Crippen molar-refractivity contribution in [2.45, 2.75) is 68.4 Å². The summed E-state index contributed by atoms with van der Waals surface area (Å²) >= 11 is 0. The first-order valence-corrected chi connectivity index (χ1v) is 12.1. The lowest BCUT2D eigenvalue weighted by molar-refractivity contribution is -0.358. The number of fused-ring (bicyclic) bond motifs is 2. The largest absolute Gasteiger partial charge is 0.487 e. The standard InChI is InChI=1S/C26H27F7N2O3/c1-37-23(36)17-4-2-16(3-5-17)14-35-20-8-9-21(35)13-19(12-20)34-18-6-10-22(11-7-18)38-15-24(27,28)25(29,30)26(31,32)33/h2-7,10-11,19-21,34H,8-9,12-15H2,1H3/t19-,20-,21+. The zero-order valence-electron chi connectivity index (χ0n) is 20.4. The van der Waals surface area contributed by atoms with Crippen molar-refractivity contribution in [3.05, 3.63) is 59.7 Å². The van der Waals surface area contributed by atoms with Crippen LogP contribution < -0.4 is 10.1 Å². The third-order valence-corrected chi connectivity index (χ3v) is 7.09. The summed E-state index contributed by atoms with van der Waals surface area (Å²) in [5, 5.41) is 3.39. The van der Waals surface area contributed by atoms with Crippen molar-refractivity contribution < 1.29 is 45.0 Å². The van der Waals surface area contributed by atoms with Gasteiger partial charge in [0, 0.05) is 30.4 Å². The highest BCUT2D eigenvalue weighted by molar-refractivity contribution is 5.89. The van der Waals surface area contributed by atoms with E-state index in [2.05, 4.69) is 15.0 Å². The average Bonchev–Trinajstić information content (AvgIpc) is 3.09. The van der Waals surface area contributed by atoms with E-state index >= 15 is 0 Å². The molecule has 0 unspecified atom stereocenters. The third-order valence-electron chi connectivity index (χ3n) is 7.09. The second-order valence-electron chi connectivity index (χ2n) is 9.65. The van der Waals surface area contributed by atoms with Gasteiger partial charge in [-0.2, -0.15) is 30.7 Å². The zero-order chi connectivity index (χ0) is 27.7. The smallest absolute Gasteiger partial charge is 0.460 e. The Balaban J connectivity index is 1.29. The van der Waals surface area contributed by atoms with E-state index in [1.165, 1.54) is 31.4 Å². The van der Waals surface area contributed by atoms with Crippen LogP contribution in [0.15, 0.2) is 48.5 Å². The summed E-state index contributed by atoms with van der Waals surface area (Å²) < 4.78 is 99.0. The van der Waals surface area contributed by atoms with Crippen molar-refractivity contribution in [2.75, 3.05) is 19.0 Å². The summed E-state index contributed by atoms with van der Waals surface area (Å²) in [6.45, 7) is -1.35. The molecule has 2 bridgehead atoms. The maximum absolute atomic E-state index is 13.5. The Morgan fingerprint density at radius 2 is 1.50 bits per heavy atom. The number of methoxy groups -OCH3 is 1. The second-order valence-corrected chi connectivity index (χ2v) is 9.65. The van der Waals surface area contributed by atoms with Gasteiger partial charge in [-0.05, 0) is 67.6 Å². The van der Waals surface area contributed by atoms with Crippen molar-refractivity contribution >= 4 is 11.7 Å². The van der Waals surface area contributed by atoms with Crippen LogP contribution in [0.2, 0.25) is 0 Å². The van der Waals surface area contributed by atoms with Gasteiger partial charge in [-0.25, -0.2) is 4.79 Å². The van der Waals surface area contributed by atoms with Crippen molar-refractivity contribution in [3.8, 4) is 5.75 Å². The zero-order valence-corrected chi connectivity index (χ0v) is 20.4. The first-order chi connectivity index (χ1) is 17.8. The number of anilines is 1. The number of esters is 1. The number of alkyl halides is 7. The number of benzene rings is 2. The molecule has 3 atom stereocenters. The molecule has 0 amide bonds. The highest BCUT2D eigenvalue weighted by atomic mass is 19.4. The molecule has 208 valence electrons. The van der Waals surface area contributed by atoms with Crippen molar-refractivity contribution in [2.24, 2.45) is 0 Å². The Bertz CT molecular complexity index is 1090. The molecule has 0 aliphatic carbocycles. The molecule has 2 aliphatic rings. The SMILES string of the molecule is COC(=O)c1ccc(CN2[C@@H]3CC[C@H]2C[C@H](Nc2ccc(OCC(F)(F)C(F)(F)C(F)(F)F)cc2)C3)cc1. The van der Waals surface area contributed by atoms with Crippen LogP contribution in [0.1, 0.15) is 41.6 Å². The van der Waals surface area contributed by atoms with Gasteiger partial charge >= 0.3 is 24.0 Å². The molecule has 4 rings (SSSR count). The first-order valence-electron chi connectivity index (χ1n) is 12.1. The molecule has 38 heavy (non-hydrogen) atoms. The Morgan fingerprint density at radius 1 is 0.921 bits per heavy atom. The van der Waals surface area contributed by atoms with Gasteiger partial charge in [0.2, 0.25) is 0 Å². The molecular weight excluding hydrogens is 521 g/mol. The summed E-state index contributed by atoms with van der Waals surface area (Å²) in [4.78, 5) is 14.1. The molecule has 2 fully saturated rings. The molecule has 2 heterocycles. The highest BCUT2D eigenvalue weighted by Crippen LogP contribution is 2.46. The summed E-state index contributed by atoms with van der Waals surface area (Å²) in [6.07, 6.45) is -2.56. The fourth-order valence-corrected chi connectivity index (χ4v) is 5.08. The predicted molar refractivity (Wildman–Crippen MR) is 125 cm³/mol. The summed E-state index contributed by atoms with van der Waals surface area (Å²) in [7, 11) is 1.34. The fourth-order valence-electron chi connectivity index (χ4n) is 5.08. The van der Waals surface area contributed by atoms with Crippen LogP contribution in [-0.2, 0) is 11.3 Å². The van der Waals surface area contributed by atoms with Crippen LogP contribution in [0, 0.1) is 0 Å². The Hall–Kier alpha value is -3.02. The van der Waals surface area contributed by atoms with Gasteiger partial charge in [0.15, 0.2) is 6.61 Å². The summed E-state index contributed by atoms with van der Waals surface area (Å²) in [5.74, 6) is -12.3. The van der Waals surface area contributed by atoms with Gasteiger partial charge in [0.25, 0.3) is 0 Å². The number of carbonyl (C=O) groups is 1. The minimum absolute atomic E-state index is 0.145. The minimum Gasteiger partial charge on any atom is -0.487 e. The van der Waals surface area contributed by atoms with Crippen LogP contribution in [0.3, 0.4) is 0 Å². The number of carbonyl (C=O) groups excluding carboxylic acids is 1. The normalized spacial score (nSPS) is 22.3. The molecular formula is C26H27F7N2O3. The minimum atomic E-state index is -6.39. The Kier molecular flexibility index (Phi) is 7.83. The van der Waals surface area contributed by atoms with E-state index in [-0.39, 0.29) is 17.8 Å². The molecule has 2 aliphatic heterocycles. The number of hydrogen-bond donors (Lipinski definition) is 1. The quantitative estimate of drug-likeness (QED) is 0.295. The van der Waals surface area contributed by atoms with Gasteiger partial charge in [-0.1, -0.05) is 12.1 Å².